The quantitative estimate of drug-likeness (QED) is 0.715. The largest absolute Gasteiger partial charge is 0.496 e. The van der Waals surface area contributed by atoms with Crippen LogP contribution in [0.2, 0.25) is 5.02 Å². The Kier molecular flexibility index (Phi) is 5.00. The lowest BCUT2D eigenvalue weighted by atomic mass is 10.1. The maximum atomic E-state index is 6.10. The molecule has 1 rings (SSSR count). The first-order chi connectivity index (χ1) is 7.22. The summed E-state index contributed by atoms with van der Waals surface area (Å²) in [6, 6.07) is 5.60. The zero-order valence-corrected chi connectivity index (χ0v) is 10.4. The summed E-state index contributed by atoms with van der Waals surface area (Å²) < 4.78 is 5.24. The molecule has 1 aromatic carbocycles. The van der Waals surface area contributed by atoms with Crippen molar-refractivity contribution in [3.8, 4) is 5.75 Å². The van der Waals surface area contributed by atoms with Crippen LogP contribution in [0.15, 0.2) is 23.8 Å². The summed E-state index contributed by atoms with van der Waals surface area (Å²) in [5.74, 6) is 1.30. The van der Waals surface area contributed by atoms with Crippen LogP contribution in [0.3, 0.4) is 0 Å². The van der Waals surface area contributed by atoms with Gasteiger partial charge in [-0.3, -0.25) is 0 Å². The predicted octanol–water partition coefficient (Wildman–Crippen LogP) is 4.38. The van der Waals surface area contributed by atoms with Gasteiger partial charge in [-0.2, -0.15) is 0 Å². The lowest BCUT2D eigenvalue weighted by Gasteiger charge is -2.08. The van der Waals surface area contributed by atoms with E-state index in [1.54, 1.807) is 7.11 Å². The van der Waals surface area contributed by atoms with E-state index in [2.05, 4.69) is 6.92 Å². The highest BCUT2D eigenvalue weighted by Crippen LogP contribution is 2.29. The normalized spacial score (nSPS) is 11.6. The number of alkyl halides is 1. The molecule has 0 fully saturated rings. The second-order valence-corrected chi connectivity index (χ2v) is 3.82. The van der Waals surface area contributed by atoms with Crippen molar-refractivity contribution in [3.63, 3.8) is 0 Å². The minimum Gasteiger partial charge on any atom is -0.496 e. The Morgan fingerprint density at radius 1 is 1.47 bits per heavy atom. The first-order valence-electron chi connectivity index (χ1n) is 4.80. The fourth-order valence-electron chi connectivity index (χ4n) is 1.27. The first kappa shape index (κ1) is 12.4. The molecule has 1 nitrogen and oxygen atoms in total. The summed E-state index contributed by atoms with van der Waals surface area (Å²) in [7, 11) is 1.63. The summed E-state index contributed by atoms with van der Waals surface area (Å²) in [4.78, 5) is 0. The molecule has 0 saturated carbocycles. The Balaban J connectivity index is 3.17. The average Bonchev–Trinajstić information content (AvgIpc) is 2.27. The molecule has 0 aliphatic heterocycles. The molecule has 0 atom stereocenters. The number of hydrogen-bond acceptors (Lipinski definition) is 1. The molecule has 0 saturated heterocycles. The molecule has 0 unspecified atom stereocenters. The van der Waals surface area contributed by atoms with Crippen LogP contribution in [0.25, 0.3) is 6.08 Å². The van der Waals surface area contributed by atoms with Gasteiger partial charge < -0.3 is 4.74 Å². The highest BCUT2D eigenvalue weighted by Gasteiger charge is 2.05. The van der Waals surface area contributed by atoms with Crippen molar-refractivity contribution >= 4 is 29.3 Å². The number of benzene rings is 1. The Labute approximate surface area is 101 Å². The van der Waals surface area contributed by atoms with Gasteiger partial charge in [-0.25, -0.2) is 0 Å². The average molecular weight is 245 g/mol. The Hall–Kier alpha value is -0.660. The van der Waals surface area contributed by atoms with Crippen molar-refractivity contribution in [2.24, 2.45) is 0 Å². The highest BCUT2D eigenvalue weighted by molar-refractivity contribution is 6.32. The van der Waals surface area contributed by atoms with Gasteiger partial charge in [0.15, 0.2) is 0 Å². The van der Waals surface area contributed by atoms with Crippen LogP contribution >= 0.6 is 23.2 Å². The minimum absolute atomic E-state index is 0.519. The maximum Gasteiger partial charge on any atom is 0.127 e. The van der Waals surface area contributed by atoms with Gasteiger partial charge in [-0.05, 0) is 24.6 Å². The third-order valence-corrected chi connectivity index (χ3v) is 2.88. The van der Waals surface area contributed by atoms with Crippen molar-refractivity contribution < 1.29 is 4.74 Å². The minimum atomic E-state index is 0.519. The van der Waals surface area contributed by atoms with Crippen molar-refractivity contribution in [2.75, 3.05) is 13.0 Å². The number of allylic oxidation sites excluding steroid dienone is 1. The molecule has 82 valence electrons. The van der Waals surface area contributed by atoms with E-state index in [0.29, 0.717) is 10.9 Å². The Morgan fingerprint density at radius 3 is 2.73 bits per heavy atom. The van der Waals surface area contributed by atoms with Crippen LogP contribution in [0, 0.1) is 0 Å². The zero-order chi connectivity index (χ0) is 11.3. The predicted molar refractivity (Wildman–Crippen MR) is 67.0 cm³/mol. The molecule has 0 heterocycles. The van der Waals surface area contributed by atoms with Crippen molar-refractivity contribution in [1.82, 2.24) is 0 Å². The molecular weight excluding hydrogens is 231 g/mol. The van der Waals surface area contributed by atoms with Crippen molar-refractivity contribution in [2.45, 2.75) is 13.3 Å². The smallest absolute Gasteiger partial charge is 0.127 e. The van der Waals surface area contributed by atoms with E-state index in [-0.39, 0.29) is 0 Å². The molecular formula is C12H14Cl2O. The third kappa shape index (κ3) is 3.15. The van der Waals surface area contributed by atoms with Crippen LogP contribution < -0.4 is 4.74 Å². The van der Waals surface area contributed by atoms with Crippen LogP contribution in [0.1, 0.15) is 18.9 Å². The van der Waals surface area contributed by atoms with E-state index in [0.717, 1.165) is 23.3 Å². The van der Waals surface area contributed by atoms with Gasteiger partial charge in [0.2, 0.25) is 0 Å². The van der Waals surface area contributed by atoms with Gasteiger partial charge in [0.1, 0.15) is 5.75 Å². The number of rotatable bonds is 4. The zero-order valence-electron chi connectivity index (χ0n) is 8.89. The van der Waals surface area contributed by atoms with Gasteiger partial charge in [0.25, 0.3) is 0 Å². The molecule has 0 bridgehead atoms. The third-order valence-electron chi connectivity index (χ3n) is 2.21. The molecule has 3 heteroatoms. The number of hydrogen-bond donors (Lipinski definition) is 0. The lowest BCUT2D eigenvalue weighted by Crippen LogP contribution is -1.90. The van der Waals surface area contributed by atoms with Crippen LogP contribution in [0.4, 0.5) is 0 Å². The first-order valence-corrected chi connectivity index (χ1v) is 5.72. The molecule has 0 aliphatic rings. The van der Waals surface area contributed by atoms with E-state index in [1.165, 1.54) is 0 Å². The molecule has 15 heavy (non-hydrogen) atoms. The molecule has 0 N–H and O–H groups in total. The van der Waals surface area contributed by atoms with Gasteiger partial charge in [-0.1, -0.05) is 30.2 Å². The second kappa shape index (κ2) is 6.04. The van der Waals surface area contributed by atoms with E-state index in [4.69, 9.17) is 27.9 Å². The van der Waals surface area contributed by atoms with Crippen LogP contribution in [0.5, 0.6) is 5.75 Å². The topological polar surface area (TPSA) is 9.23 Å². The standard InChI is InChI=1S/C12H14Cl2O/c1-3-9(8-13)7-10-11(14)5-4-6-12(10)15-2/h4-7H,3,8H2,1-2H3/b9-7-. The number of methoxy groups -OCH3 is 1. The summed E-state index contributed by atoms with van der Waals surface area (Å²) >= 11 is 11.9. The number of halogens is 2. The molecule has 0 aliphatic carbocycles. The van der Waals surface area contributed by atoms with Gasteiger partial charge >= 0.3 is 0 Å². The Bertz CT molecular complexity index is 353. The Morgan fingerprint density at radius 2 is 2.20 bits per heavy atom. The van der Waals surface area contributed by atoms with Gasteiger partial charge in [0, 0.05) is 11.4 Å². The molecule has 1 aromatic rings. The SMILES string of the molecule is CC/C(=C/c1c(Cl)cccc1OC)CCl. The van der Waals surface area contributed by atoms with E-state index >= 15 is 0 Å². The lowest BCUT2D eigenvalue weighted by molar-refractivity contribution is 0.414. The van der Waals surface area contributed by atoms with Crippen molar-refractivity contribution in [1.29, 1.82) is 0 Å². The molecule has 0 aromatic heterocycles. The fourth-order valence-corrected chi connectivity index (χ4v) is 1.76. The molecule has 0 spiro atoms. The van der Waals surface area contributed by atoms with E-state index < -0.39 is 0 Å². The van der Waals surface area contributed by atoms with Gasteiger partial charge in [-0.15, -0.1) is 11.6 Å². The van der Waals surface area contributed by atoms with Crippen molar-refractivity contribution in [3.05, 3.63) is 34.4 Å². The molecule has 0 amide bonds. The van der Waals surface area contributed by atoms with Crippen LogP contribution in [-0.4, -0.2) is 13.0 Å². The summed E-state index contributed by atoms with van der Waals surface area (Å²) in [5.41, 5.74) is 2.04. The summed E-state index contributed by atoms with van der Waals surface area (Å²) in [5, 5.41) is 0.686. The van der Waals surface area contributed by atoms with E-state index in [1.807, 2.05) is 24.3 Å². The van der Waals surface area contributed by atoms with Gasteiger partial charge in [0.05, 0.1) is 12.1 Å². The summed E-state index contributed by atoms with van der Waals surface area (Å²) in [6.45, 7) is 2.07. The summed E-state index contributed by atoms with van der Waals surface area (Å²) in [6.07, 6.45) is 2.91. The maximum absolute atomic E-state index is 6.10. The van der Waals surface area contributed by atoms with E-state index in [9.17, 15) is 0 Å². The fraction of sp³-hybridized carbons (Fsp3) is 0.333. The van der Waals surface area contributed by atoms with Crippen LogP contribution in [-0.2, 0) is 0 Å². The highest BCUT2D eigenvalue weighted by atomic mass is 35.5. The second-order valence-electron chi connectivity index (χ2n) is 3.15. The number of ether oxygens (including phenoxy) is 1. The molecule has 0 radical (unpaired) electrons. The monoisotopic (exact) mass is 244 g/mol.